The first kappa shape index (κ1) is 11.0. The molecule has 1 amide bonds. The first-order chi connectivity index (χ1) is 7.04. The van der Waals surface area contributed by atoms with E-state index >= 15 is 0 Å². The molecule has 1 aromatic rings. The molecular formula is C7H11N5O3. The second kappa shape index (κ2) is 4.40. The molecule has 0 fully saturated rings. The molecule has 0 spiro atoms. The zero-order chi connectivity index (χ0) is 11.4. The lowest BCUT2D eigenvalue weighted by molar-refractivity contribution is -0.384. The van der Waals surface area contributed by atoms with Crippen LogP contribution in [-0.2, 0) is 11.8 Å². The number of carbonyl (C=O) groups excluding carboxylic acids is 1. The van der Waals surface area contributed by atoms with Gasteiger partial charge in [0.1, 0.15) is 6.20 Å². The third kappa shape index (κ3) is 2.66. The van der Waals surface area contributed by atoms with E-state index in [0.29, 0.717) is 0 Å². The van der Waals surface area contributed by atoms with E-state index in [-0.39, 0.29) is 24.0 Å². The van der Waals surface area contributed by atoms with Crippen LogP contribution in [0.2, 0.25) is 0 Å². The van der Waals surface area contributed by atoms with Crippen LogP contribution in [0.4, 0.5) is 11.5 Å². The molecule has 0 bridgehead atoms. The molecule has 8 heteroatoms. The Morgan fingerprint density at radius 2 is 2.40 bits per heavy atom. The van der Waals surface area contributed by atoms with Crippen molar-refractivity contribution in [2.75, 3.05) is 18.9 Å². The van der Waals surface area contributed by atoms with Gasteiger partial charge in [-0.25, -0.2) is 0 Å². The number of likely N-dealkylation sites (N-methyl/N-ethyl adjacent to an activating group) is 1. The molecule has 1 heterocycles. The van der Waals surface area contributed by atoms with Crippen LogP contribution in [0.1, 0.15) is 0 Å². The second-order valence-corrected chi connectivity index (χ2v) is 2.82. The number of amides is 1. The van der Waals surface area contributed by atoms with Crippen molar-refractivity contribution in [3.05, 3.63) is 16.3 Å². The number of hydrogen-bond acceptors (Lipinski definition) is 5. The van der Waals surface area contributed by atoms with Crippen molar-refractivity contribution >= 4 is 17.4 Å². The Kier molecular flexibility index (Phi) is 3.21. The molecule has 2 N–H and O–H groups in total. The minimum atomic E-state index is -0.556. The van der Waals surface area contributed by atoms with E-state index < -0.39 is 4.92 Å². The van der Waals surface area contributed by atoms with E-state index in [2.05, 4.69) is 15.7 Å². The highest BCUT2D eigenvalue weighted by Crippen LogP contribution is 2.20. The number of aryl methyl sites for hydroxylation is 1. The molecule has 1 aromatic heterocycles. The van der Waals surface area contributed by atoms with Gasteiger partial charge in [0.15, 0.2) is 0 Å². The third-order valence-electron chi connectivity index (χ3n) is 1.70. The highest BCUT2D eigenvalue weighted by molar-refractivity contribution is 5.80. The van der Waals surface area contributed by atoms with E-state index in [1.807, 2.05) is 0 Å². The monoisotopic (exact) mass is 213 g/mol. The van der Waals surface area contributed by atoms with Crippen LogP contribution < -0.4 is 10.6 Å². The van der Waals surface area contributed by atoms with Gasteiger partial charge in [0.05, 0.1) is 11.5 Å². The maximum absolute atomic E-state index is 10.9. The number of anilines is 1. The average Bonchev–Trinajstić information content (AvgIpc) is 2.56. The number of carbonyl (C=O) groups is 1. The van der Waals surface area contributed by atoms with Crippen molar-refractivity contribution in [2.24, 2.45) is 7.05 Å². The Balaban J connectivity index is 2.75. The Labute approximate surface area is 85.4 Å². The van der Waals surface area contributed by atoms with Crippen LogP contribution in [0.15, 0.2) is 6.20 Å². The number of nitrogens with one attached hydrogen (secondary N) is 2. The molecule has 0 unspecified atom stereocenters. The molecule has 0 aliphatic heterocycles. The van der Waals surface area contributed by atoms with E-state index in [1.165, 1.54) is 17.9 Å². The minimum Gasteiger partial charge on any atom is -0.358 e. The first-order valence-electron chi connectivity index (χ1n) is 4.17. The summed E-state index contributed by atoms with van der Waals surface area (Å²) in [6, 6.07) is 0. The predicted molar refractivity (Wildman–Crippen MR) is 52.4 cm³/mol. The zero-order valence-electron chi connectivity index (χ0n) is 8.35. The van der Waals surface area contributed by atoms with E-state index in [0.717, 1.165) is 0 Å². The molecule has 0 aliphatic rings. The van der Waals surface area contributed by atoms with Gasteiger partial charge in [-0.15, -0.1) is 5.10 Å². The molecule has 0 atom stereocenters. The normalized spacial score (nSPS) is 9.73. The summed E-state index contributed by atoms with van der Waals surface area (Å²) in [5, 5.41) is 19.3. The lowest BCUT2D eigenvalue weighted by atomic mass is 10.5. The van der Waals surface area contributed by atoms with Crippen LogP contribution in [0.3, 0.4) is 0 Å². The van der Waals surface area contributed by atoms with Crippen LogP contribution in [0.5, 0.6) is 0 Å². The van der Waals surface area contributed by atoms with Gasteiger partial charge in [-0.1, -0.05) is 0 Å². The standard InChI is InChI=1S/C7H11N5O3/c1-8-6(13)3-9-7-5(12(14)15)4-11(2)10-7/h4H,3H2,1-2H3,(H,8,13)(H,9,10). The molecule has 0 aliphatic carbocycles. The van der Waals surface area contributed by atoms with Crippen molar-refractivity contribution in [3.8, 4) is 0 Å². The van der Waals surface area contributed by atoms with E-state index in [1.54, 1.807) is 7.05 Å². The summed E-state index contributed by atoms with van der Waals surface area (Å²) in [5.41, 5.74) is -0.151. The fraction of sp³-hybridized carbons (Fsp3) is 0.429. The number of nitro groups is 1. The zero-order valence-corrected chi connectivity index (χ0v) is 8.35. The smallest absolute Gasteiger partial charge is 0.330 e. The topological polar surface area (TPSA) is 102 Å². The number of rotatable bonds is 4. The predicted octanol–water partition coefficient (Wildman–Crippen LogP) is -0.514. The summed E-state index contributed by atoms with van der Waals surface area (Å²) >= 11 is 0. The molecule has 0 saturated heterocycles. The highest BCUT2D eigenvalue weighted by Gasteiger charge is 2.18. The van der Waals surface area contributed by atoms with Crippen LogP contribution in [0.25, 0.3) is 0 Å². The van der Waals surface area contributed by atoms with Crippen LogP contribution in [-0.4, -0.2) is 34.2 Å². The summed E-state index contributed by atoms with van der Waals surface area (Å²) in [4.78, 5) is 20.9. The molecular weight excluding hydrogens is 202 g/mol. The molecule has 8 nitrogen and oxygen atoms in total. The van der Waals surface area contributed by atoms with Crippen molar-refractivity contribution in [1.29, 1.82) is 0 Å². The van der Waals surface area contributed by atoms with E-state index in [9.17, 15) is 14.9 Å². The quantitative estimate of drug-likeness (QED) is 0.517. The maximum Gasteiger partial charge on any atom is 0.330 e. The summed E-state index contributed by atoms with van der Waals surface area (Å²) in [5.74, 6) is -0.180. The summed E-state index contributed by atoms with van der Waals surface area (Å²) in [7, 11) is 3.05. The SMILES string of the molecule is CNC(=O)CNc1nn(C)cc1[N+](=O)[O-]. The molecule has 15 heavy (non-hydrogen) atoms. The fourth-order valence-corrected chi connectivity index (χ4v) is 0.988. The largest absolute Gasteiger partial charge is 0.358 e. The Morgan fingerprint density at radius 1 is 1.73 bits per heavy atom. The summed E-state index contributed by atoms with van der Waals surface area (Å²) < 4.78 is 1.31. The lowest BCUT2D eigenvalue weighted by Crippen LogP contribution is -2.26. The van der Waals surface area contributed by atoms with Crippen molar-refractivity contribution < 1.29 is 9.72 Å². The van der Waals surface area contributed by atoms with E-state index in [4.69, 9.17) is 0 Å². The van der Waals surface area contributed by atoms with Gasteiger partial charge >= 0.3 is 5.69 Å². The summed E-state index contributed by atoms with van der Waals surface area (Å²) in [6.45, 7) is -0.0473. The second-order valence-electron chi connectivity index (χ2n) is 2.82. The number of hydrogen-bond donors (Lipinski definition) is 2. The Bertz CT molecular complexity index is 386. The maximum atomic E-state index is 10.9. The van der Waals surface area contributed by atoms with Gasteiger partial charge in [-0.3, -0.25) is 19.6 Å². The number of nitrogens with zero attached hydrogens (tertiary/aromatic N) is 3. The fourth-order valence-electron chi connectivity index (χ4n) is 0.988. The van der Waals surface area contributed by atoms with Gasteiger partial charge in [0.25, 0.3) is 0 Å². The molecule has 82 valence electrons. The van der Waals surface area contributed by atoms with Crippen molar-refractivity contribution in [1.82, 2.24) is 15.1 Å². The lowest BCUT2D eigenvalue weighted by Gasteiger charge is -2.00. The molecule has 0 aromatic carbocycles. The third-order valence-corrected chi connectivity index (χ3v) is 1.70. The average molecular weight is 213 g/mol. The van der Waals surface area contributed by atoms with Gasteiger partial charge in [0.2, 0.25) is 11.7 Å². The highest BCUT2D eigenvalue weighted by atomic mass is 16.6. The van der Waals surface area contributed by atoms with Crippen LogP contribution >= 0.6 is 0 Å². The summed E-state index contributed by atoms with van der Waals surface area (Å²) in [6.07, 6.45) is 1.27. The first-order valence-corrected chi connectivity index (χ1v) is 4.17. The van der Waals surface area contributed by atoms with Gasteiger partial charge in [0, 0.05) is 14.1 Å². The van der Waals surface area contributed by atoms with Crippen LogP contribution in [0, 0.1) is 10.1 Å². The minimum absolute atomic E-state index is 0.0473. The van der Waals surface area contributed by atoms with Crippen molar-refractivity contribution in [2.45, 2.75) is 0 Å². The van der Waals surface area contributed by atoms with Gasteiger partial charge in [-0.05, 0) is 0 Å². The Hall–Kier alpha value is -2.12. The molecule has 1 rings (SSSR count). The Morgan fingerprint density at radius 3 is 2.93 bits per heavy atom. The van der Waals surface area contributed by atoms with Gasteiger partial charge < -0.3 is 10.6 Å². The van der Waals surface area contributed by atoms with Gasteiger partial charge in [-0.2, -0.15) is 0 Å². The molecule has 0 saturated carbocycles. The van der Waals surface area contributed by atoms with Crippen molar-refractivity contribution in [3.63, 3.8) is 0 Å². The number of aromatic nitrogens is 2. The molecule has 0 radical (unpaired) electrons.